The van der Waals surface area contributed by atoms with Crippen molar-refractivity contribution in [3.05, 3.63) is 73.0 Å². The Bertz CT molecular complexity index is 936. The van der Waals surface area contributed by atoms with Crippen LogP contribution in [0, 0.1) is 5.92 Å². The highest BCUT2D eigenvalue weighted by molar-refractivity contribution is 5.88. The van der Waals surface area contributed by atoms with E-state index >= 15 is 0 Å². The van der Waals surface area contributed by atoms with Gasteiger partial charge in [0.25, 0.3) is 0 Å². The van der Waals surface area contributed by atoms with Crippen LogP contribution in [0.2, 0.25) is 0 Å². The number of hydrogen-bond acceptors (Lipinski definition) is 4. The number of aromatic nitrogens is 3. The van der Waals surface area contributed by atoms with Crippen molar-refractivity contribution in [3.8, 4) is 5.69 Å². The average Bonchev–Trinajstić information content (AvgIpc) is 3.06. The molecule has 0 bridgehead atoms. The second-order valence-corrected chi connectivity index (χ2v) is 5.91. The molecule has 0 aliphatic carbocycles. The minimum Gasteiger partial charge on any atom is -0.398 e. The maximum Gasteiger partial charge on any atom is 0.113 e. The molecular weight excluding hydrogens is 310 g/mol. The monoisotopic (exact) mass is 331 g/mol. The summed E-state index contributed by atoms with van der Waals surface area (Å²) in [4.78, 5) is 4.33. The van der Waals surface area contributed by atoms with Crippen LogP contribution in [0.15, 0.2) is 72.4 Å². The Kier molecular flexibility index (Phi) is 5.04. The molecule has 1 unspecified atom stereocenters. The third-order valence-electron chi connectivity index (χ3n) is 3.98. The molecule has 5 heteroatoms. The van der Waals surface area contributed by atoms with Crippen LogP contribution in [0.4, 0.5) is 5.69 Å². The molecule has 1 heterocycles. The van der Waals surface area contributed by atoms with Gasteiger partial charge in [0, 0.05) is 23.7 Å². The summed E-state index contributed by atoms with van der Waals surface area (Å²) in [5, 5.41) is 8.42. The highest BCUT2D eigenvalue weighted by atomic mass is 15.4. The number of anilines is 1. The molecule has 0 spiro atoms. The van der Waals surface area contributed by atoms with Crippen LogP contribution < -0.4 is 5.73 Å². The Morgan fingerprint density at radius 1 is 1.28 bits per heavy atom. The number of nitrogens with two attached hydrogens (primary N) is 1. The number of para-hydroxylation sites is 1. The van der Waals surface area contributed by atoms with E-state index < -0.39 is 0 Å². The van der Waals surface area contributed by atoms with Crippen LogP contribution in [0.3, 0.4) is 0 Å². The normalized spacial score (nSPS) is 13.0. The Morgan fingerprint density at radius 3 is 2.96 bits per heavy atom. The SMILES string of the molecule is C=CC(C)C/C=C/N=Cc1cc(-n2nnc3ccccc32)ccc1N. The summed E-state index contributed by atoms with van der Waals surface area (Å²) in [6, 6.07) is 13.6. The van der Waals surface area contributed by atoms with Gasteiger partial charge in [0.2, 0.25) is 0 Å². The van der Waals surface area contributed by atoms with Crippen LogP contribution in [0.1, 0.15) is 18.9 Å². The Balaban J connectivity index is 1.85. The highest BCUT2D eigenvalue weighted by Crippen LogP contribution is 2.19. The van der Waals surface area contributed by atoms with E-state index in [2.05, 4.69) is 28.8 Å². The van der Waals surface area contributed by atoms with Crippen LogP contribution in [0.25, 0.3) is 16.7 Å². The molecule has 3 aromatic rings. The Morgan fingerprint density at radius 2 is 2.12 bits per heavy atom. The maximum atomic E-state index is 6.07. The number of fused-ring (bicyclic) bond motifs is 1. The largest absolute Gasteiger partial charge is 0.398 e. The first kappa shape index (κ1) is 16.6. The van der Waals surface area contributed by atoms with Gasteiger partial charge in [0.1, 0.15) is 5.52 Å². The molecule has 2 N–H and O–H groups in total. The van der Waals surface area contributed by atoms with Gasteiger partial charge in [-0.25, -0.2) is 4.68 Å². The number of hydrogen-bond donors (Lipinski definition) is 1. The summed E-state index contributed by atoms with van der Waals surface area (Å²) >= 11 is 0. The summed E-state index contributed by atoms with van der Waals surface area (Å²) in [5.41, 5.74) is 10.3. The number of nitrogens with zero attached hydrogens (tertiary/aromatic N) is 4. The van der Waals surface area contributed by atoms with Crippen LogP contribution in [-0.4, -0.2) is 21.2 Å². The lowest BCUT2D eigenvalue weighted by Gasteiger charge is -2.05. The van der Waals surface area contributed by atoms with Gasteiger partial charge >= 0.3 is 0 Å². The molecule has 1 atom stereocenters. The van der Waals surface area contributed by atoms with Crippen molar-refractivity contribution >= 4 is 22.9 Å². The van der Waals surface area contributed by atoms with Crippen LogP contribution in [-0.2, 0) is 0 Å². The zero-order valence-corrected chi connectivity index (χ0v) is 14.2. The summed E-state index contributed by atoms with van der Waals surface area (Å²) < 4.78 is 1.80. The number of rotatable bonds is 6. The molecule has 0 saturated heterocycles. The topological polar surface area (TPSA) is 69.1 Å². The first-order chi connectivity index (χ1) is 12.2. The molecule has 3 rings (SSSR count). The van der Waals surface area contributed by atoms with E-state index in [4.69, 9.17) is 5.73 Å². The summed E-state index contributed by atoms with van der Waals surface area (Å²) in [6.07, 6.45) is 8.41. The van der Waals surface area contributed by atoms with Gasteiger partial charge < -0.3 is 5.73 Å². The van der Waals surface area contributed by atoms with Crippen molar-refractivity contribution in [2.75, 3.05) is 5.73 Å². The van der Waals surface area contributed by atoms with E-state index in [1.807, 2.05) is 54.6 Å². The fraction of sp³-hybridized carbons (Fsp3) is 0.150. The van der Waals surface area contributed by atoms with Crippen LogP contribution in [0.5, 0.6) is 0 Å². The fourth-order valence-electron chi connectivity index (χ4n) is 2.42. The van der Waals surface area contributed by atoms with Crippen LogP contribution >= 0.6 is 0 Å². The predicted molar refractivity (Wildman–Crippen MR) is 104 cm³/mol. The van der Waals surface area contributed by atoms with Gasteiger partial charge in [-0.1, -0.05) is 36.4 Å². The lowest BCUT2D eigenvalue weighted by atomic mass is 10.1. The molecule has 25 heavy (non-hydrogen) atoms. The first-order valence-electron chi connectivity index (χ1n) is 8.20. The molecule has 2 aromatic carbocycles. The maximum absolute atomic E-state index is 6.07. The van der Waals surface area contributed by atoms with Gasteiger partial charge in [0.15, 0.2) is 0 Å². The number of benzene rings is 2. The average molecular weight is 331 g/mol. The molecule has 0 amide bonds. The Labute approximate surface area is 147 Å². The van der Waals surface area contributed by atoms with Gasteiger partial charge in [-0.2, -0.15) is 0 Å². The van der Waals surface area contributed by atoms with Gasteiger partial charge in [-0.3, -0.25) is 4.99 Å². The standard InChI is InChI=1S/C20H21N5/c1-3-15(2)7-6-12-22-14-16-13-17(10-11-18(16)21)25-20-9-5-4-8-19(20)23-24-25/h3-6,8-15H,1,7,21H2,2H3/b12-6+,22-14?. The Hall–Kier alpha value is -3.21. The van der Waals surface area contributed by atoms with Crippen molar-refractivity contribution in [2.45, 2.75) is 13.3 Å². The lowest BCUT2D eigenvalue weighted by Crippen LogP contribution is -2.00. The van der Waals surface area contributed by atoms with E-state index in [1.54, 1.807) is 17.1 Å². The molecule has 0 aliphatic rings. The molecular formula is C20H21N5. The highest BCUT2D eigenvalue weighted by Gasteiger charge is 2.07. The minimum atomic E-state index is 0.445. The fourth-order valence-corrected chi connectivity index (χ4v) is 2.42. The van der Waals surface area contributed by atoms with E-state index in [0.717, 1.165) is 28.7 Å². The zero-order valence-electron chi connectivity index (χ0n) is 14.2. The van der Waals surface area contributed by atoms with E-state index in [0.29, 0.717) is 11.6 Å². The van der Waals surface area contributed by atoms with E-state index in [1.165, 1.54) is 0 Å². The second kappa shape index (κ2) is 7.57. The van der Waals surface area contributed by atoms with E-state index in [9.17, 15) is 0 Å². The van der Waals surface area contributed by atoms with Crippen molar-refractivity contribution in [2.24, 2.45) is 10.9 Å². The third-order valence-corrected chi connectivity index (χ3v) is 3.98. The molecule has 0 radical (unpaired) electrons. The van der Waals surface area contributed by atoms with Crippen molar-refractivity contribution < 1.29 is 0 Å². The third kappa shape index (κ3) is 3.83. The van der Waals surface area contributed by atoms with Gasteiger partial charge in [-0.05, 0) is 42.7 Å². The van der Waals surface area contributed by atoms with Gasteiger partial charge in [-0.15, -0.1) is 11.7 Å². The number of aliphatic imine (C=N–C) groups is 1. The van der Waals surface area contributed by atoms with E-state index in [-0.39, 0.29) is 0 Å². The molecule has 0 aliphatic heterocycles. The molecule has 1 aromatic heterocycles. The molecule has 0 fully saturated rings. The van der Waals surface area contributed by atoms with Gasteiger partial charge in [0.05, 0.1) is 11.2 Å². The molecule has 5 nitrogen and oxygen atoms in total. The summed E-state index contributed by atoms with van der Waals surface area (Å²) in [5.74, 6) is 0.445. The predicted octanol–water partition coefficient (Wildman–Crippen LogP) is 4.15. The van der Waals surface area contributed by atoms with Crippen molar-refractivity contribution in [1.29, 1.82) is 0 Å². The van der Waals surface area contributed by atoms with Crippen molar-refractivity contribution in [3.63, 3.8) is 0 Å². The summed E-state index contributed by atoms with van der Waals surface area (Å²) in [6.45, 7) is 5.89. The molecule has 0 saturated carbocycles. The second-order valence-electron chi connectivity index (χ2n) is 5.91. The molecule has 126 valence electrons. The lowest BCUT2D eigenvalue weighted by molar-refractivity contribution is 0.745. The number of nitrogen functional groups attached to an aromatic ring is 1. The number of allylic oxidation sites excluding steroid dienone is 2. The first-order valence-corrected chi connectivity index (χ1v) is 8.20. The quantitative estimate of drug-likeness (QED) is 0.419. The summed E-state index contributed by atoms with van der Waals surface area (Å²) in [7, 11) is 0. The minimum absolute atomic E-state index is 0.445. The smallest absolute Gasteiger partial charge is 0.113 e. The zero-order chi connectivity index (χ0) is 17.6. The van der Waals surface area contributed by atoms with Crippen molar-refractivity contribution in [1.82, 2.24) is 15.0 Å².